The van der Waals surface area contributed by atoms with Crippen molar-refractivity contribution in [1.82, 2.24) is 0 Å². The molecule has 0 radical (unpaired) electrons. The summed E-state index contributed by atoms with van der Waals surface area (Å²) < 4.78 is 5.66. The molecule has 0 bridgehead atoms. The molecule has 0 spiro atoms. The van der Waals surface area contributed by atoms with Crippen LogP contribution in [0.1, 0.15) is 13.3 Å². The smallest absolute Gasteiger partial charge is 0.129 e. The van der Waals surface area contributed by atoms with Crippen LogP contribution in [0.3, 0.4) is 0 Å². The Balaban J connectivity index is 2.94. The first-order valence-corrected chi connectivity index (χ1v) is 5.03. The lowest BCUT2D eigenvalue weighted by Gasteiger charge is -1.95. The van der Waals surface area contributed by atoms with Crippen LogP contribution >= 0.6 is 45.2 Å². The fraction of sp³-hybridized carbons (Fsp3) is 0.333. The summed E-state index contributed by atoms with van der Waals surface area (Å²) in [5, 5.41) is 0. The minimum atomic E-state index is 0.454. The summed E-state index contributed by atoms with van der Waals surface area (Å²) in [5.41, 5.74) is 1.24. The predicted octanol–water partition coefficient (Wildman–Crippen LogP) is 3.46. The molecule has 0 aromatic carbocycles. The summed E-state index contributed by atoms with van der Waals surface area (Å²) in [7, 11) is 0. The van der Waals surface area contributed by atoms with Gasteiger partial charge in [0, 0.05) is 0 Å². The van der Waals surface area contributed by atoms with E-state index >= 15 is 0 Å². The van der Waals surface area contributed by atoms with Crippen molar-refractivity contribution in [3.05, 3.63) is 23.7 Å². The highest BCUT2D eigenvalue weighted by atomic mass is 127. The first-order valence-electron chi connectivity index (χ1n) is 2.54. The number of hydrogen-bond donors (Lipinski definition) is 0. The Labute approximate surface area is 81.5 Å². The van der Waals surface area contributed by atoms with Gasteiger partial charge in [0.2, 0.25) is 0 Å². The van der Waals surface area contributed by atoms with Crippen LogP contribution in [0.2, 0.25) is 0 Å². The average Bonchev–Trinajstić information content (AvgIpc) is 2.13. The zero-order valence-electron chi connectivity index (χ0n) is 4.90. The highest BCUT2D eigenvalue weighted by Crippen LogP contribution is 2.32. The molecule has 9 heavy (non-hydrogen) atoms. The van der Waals surface area contributed by atoms with E-state index in [1.807, 2.05) is 6.07 Å². The lowest BCUT2D eigenvalue weighted by Crippen LogP contribution is -1.76. The maximum Gasteiger partial charge on any atom is 0.129 e. The molecule has 0 aliphatic carbocycles. The van der Waals surface area contributed by atoms with Crippen LogP contribution in [0, 0.1) is 6.92 Å². The van der Waals surface area contributed by atoms with Gasteiger partial charge in [-0.25, -0.2) is 0 Å². The van der Waals surface area contributed by atoms with Crippen LogP contribution in [-0.2, 0) is 0 Å². The highest BCUT2D eigenvalue weighted by Gasteiger charge is 2.07. The zero-order valence-corrected chi connectivity index (χ0v) is 9.21. The summed E-state index contributed by atoms with van der Waals surface area (Å²) in [5.74, 6) is 1.08. The zero-order chi connectivity index (χ0) is 6.85. The van der Waals surface area contributed by atoms with E-state index in [0.29, 0.717) is 1.93 Å². The van der Waals surface area contributed by atoms with Crippen LogP contribution < -0.4 is 0 Å². The van der Waals surface area contributed by atoms with Crippen molar-refractivity contribution in [3.63, 3.8) is 0 Å². The number of aryl methyl sites for hydroxylation is 1. The second kappa shape index (κ2) is 3.23. The lowest BCUT2D eigenvalue weighted by molar-refractivity contribution is 0.531. The average molecular weight is 348 g/mol. The topological polar surface area (TPSA) is 13.1 Å². The maximum atomic E-state index is 5.21. The number of hydrogen-bond acceptors (Lipinski definition) is 1. The fourth-order valence-corrected chi connectivity index (χ4v) is 1.88. The Morgan fingerprint density at radius 2 is 2.22 bits per heavy atom. The van der Waals surface area contributed by atoms with Crippen molar-refractivity contribution in [2.75, 3.05) is 0 Å². The third kappa shape index (κ3) is 1.83. The molecular weight excluding hydrogens is 342 g/mol. The molecule has 0 atom stereocenters. The van der Waals surface area contributed by atoms with Crippen LogP contribution in [0.25, 0.3) is 0 Å². The van der Waals surface area contributed by atoms with Gasteiger partial charge in [-0.3, -0.25) is 0 Å². The molecule has 0 unspecified atom stereocenters. The summed E-state index contributed by atoms with van der Waals surface area (Å²) in [6.07, 6.45) is 1.73. The predicted molar refractivity (Wildman–Crippen MR) is 54.2 cm³/mol. The van der Waals surface area contributed by atoms with E-state index in [1.165, 1.54) is 5.56 Å². The van der Waals surface area contributed by atoms with Gasteiger partial charge in [-0.05, 0) is 18.6 Å². The number of rotatable bonds is 1. The van der Waals surface area contributed by atoms with Gasteiger partial charge in [0.25, 0.3) is 0 Å². The molecule has 1 aromatic heterocycles. The van der Waals surface area contributed by atoms with Gasteiger partial charge in [-0.1, -0.05) is 45.2 Å². The second-order valence-corrected chi connectivity index (χ2v) is 6.64. The van der Waals surface area contributed by atoms with E-state index in [1.54, 1.807) is 6.26 Å². The van der Waals surface area contributed by atoms with Crippen molar-refractivity contribution in [2.45, 2.75) is 8.86 Å². The van der Waals surface area contributed by atoms with E-state index < -0.39 is 0 Å². The summed E-state index contributed by atoms with van der Waals surface area (Å²) in [6.45, 7) is 2.06. The summed E-state index contributed by atoms with van der Waals surface area (Å²) >= 11 is 4.65. The third-order valence-electron chi connectivity index (χ3n) is 1.10. The lowest BCUT2D eigenvalue weighted by atomic mass is 10.3. The van der Waals surface area contributed by atoms with Crippen molar-refractivity contribution in [1.29, 1.82) is 0 Å². The molecule has 50 valence electrons. The molecule has 0 saturated carbocycles. The first kappa shape index (κ1) is 7.84. The van der Waals surface area contributed by atoms with Crippen LogP contribution in [0.4, 0.5) is 0 Å². The van der Waals surface area contributed by atoms with Crippen molar-refractivity contribution in [2.24, 2.45) is 0 Å². The van der Waals surface area contributed by atoms with Gasteiger partial charge in [0.15, 0.2) is 0 Å². The minimum absolute atomic E-state index is 0.454. The molecule has 0 amide bonds. The van der Waals surface area contributed by atoms with Gasteiger partial charge >= 0.3 is 0 Å². The van der Waals surface area contributed by atoms with Crippen molar-refractivity contribution < 1.29 is 4.42 Å². The second-order valence-electron chi connectivity index (χ2n) is 1.77. The Morgan fingerprint density at radius 1 is 1.56 bits per heavy atom. The molecule has 1 heterocycles. The monoisotopic (exact) mass is 348 g/mol. The molecule has 1 aromatic rings. The standard InChI is InChI=1S/C6H6I2O/c1-4-2-3-9-5(4)6(7)8/h2-3,6H,1H3. The van der Waals surface area contributed by atoms with Gasteiger partial charge < -0.3 is 4.42 Å². The van der Waals surface area contributed by atoms with Gasteiger partial charge in [-0.15, -0.1) is 0 Å². The summed E-state index contributed by atoms with van der Waals surface area (Å²) in [6, 6.07) is 1.99. The Kier molecular flexibility index (Phi) is 2.81. The Hall–Kier alpha value is 0.740. The molecule has 0 fully saturated rings. The third-order valence-corrected chi connectivity index (χ3v) is 2.23. The van der Waals surface area contributed by atoms with Crippen LogP contribution in [-0.4, -0.2) is 0 Å². The molecular formula is C6H6I2O. The minimum Gasteiger partial charge on any atom is -0.467 e. The molecule has 0 N–H and O–H groups in total. The van der Waals surface area contributed by atoms with E-state index in [-0.39, 0.29) is 0 Å². The number of alkyl halides is 2. The molecule has 0 aliphatic rings. The molecule has 1 rings (SSSR count). The quantitative estimate of drug-likeness (QED) is 0.560. The Bertz CT molecular complexity index is 193. The largest absolute Gasteiger partial charge is 0.467 e. The Morgan fingerprint density at radius 3 is 2.44 bits per heavy atom. The van der Waals surface area contributed by atoms with Crippen LogP contribution in [0.15, 0.2) is 16.7 Å². The summed E-state index contributed by atoms with van der Waals surface area (Å²) in [4.78, 5) is 0. The van der Waals surface area contributed by atoms with Crippen molar-refractivity contribution >= 4 is 45.2 Å². The van der Waals surface area contributed by atoms with Gasteiger partial charge in [0.05, 0.1) is 6.26 Å². The molecule has 0 saturated heterocycles. The maximum absolute atomic E-state index is 5.21. The first-order chi connectivity index (χ1) is 4.22. The molecule has 0 aliphatic heterocycles. The van der Waals surface area contributed by atoms with Gasteiger partial charge in [-0.2, -0.15) is 0 Å². The van der Waals surface area contributed by atoms with E-state index in [2.05, 4.69) is 52.1 Å². The number of halogens is 2. The highest BCUT2D eigenvalue weighted by molar-refractivity contribution is 14.2. The van der Waals surface area contributed by atoms with E-state index in [9.17, 15) is 0 Å². The SMILES string of the molecule is Cc1ccoc1C(I)I. The molecule has 3 heteroatoms. The number of furan rings is 1. The fourth-order valence-electron chi connectivity index (χ4n) is 0.608. The van der Waals surface area contributed by atoms with Crippen LogP contribution in [0.5, 0.6) is 0 Å². The van der Waals surface area contributed by atoms with Crippen molar-refractivity contribution in [3.8, 4) is 0 Å². The normalized spacial score (nSPS) is 10.7. The molecule has 1 nitrogen and oxygen atoms in total. The van der Waals surface area contributed by atoms with E-state index in [4.69, 9.17) is 4.42 Å². The van der Waals surface area contributed by atoms with E-state index in [0.717, 1.165) is 5.76 Å². The van der Waals surface area contributed by atoms with Gasteiger partial charge in [0.1, 0.15) is 7.69 Å².